The smallest absolute Gasteiger partial charge is 0.178 e. The first kappa shape index (κ1) is 12.0. The van der Waals surface area contributed by atoms with Gasteiger partial charge in [-0.1, -0.05) is 6.07 Å². The van der Waals surface area contributed by atoms with Crippen LogP contribution in [-0.4, -0.2) is 15.0 Å². The highest BCUT2D eigenvalue weighted by Crippen LogP contribution is 2.22. The van der Waals surface area contributed by atoms with Crippen LogP contribution in [-0.2, 0) is 0 Å². The van der Waals surface area contributed by atoms with Gasteiger partial charge in [0.2, 0.25) is 0 Å². The molecule has 0 aliphatic heterocycles. The summed E-state index contributed by atoms with van der Waals surface area (Å²) in [7, 11) is 0. The first-order chi connectivity index (χ1) is 8.08. The van der Waals surface area contributed by atoms with Crippen molar-refractivity contribution in [3.8, 4) is 11.5 Å². The van der Waals surface area contributed by atoms with Gasteiger partial charge in [0, 0.05) is 23.1 Å². The summed E-state index contributed by atoms with van der Waals surface area (Å²) in [5, 5.41) is -0.0745. The monoisotopic (exact) mass is 247 g/mol. The molecule has 0 fully saturated rings. The molecule has 0 saturated heterocycles. The molecule has 0 aliphatic rings. The van der Waals surface area contributed by atoms with Gasteiger partial charge in [-0.3, -0.25) is 0 Å². The molecule has 1 unspecified atom stereocenters. The Kier molecular flexibility index (Phi) is 3.38. The van der Waals surface area contributed by atoms with Crippen LogP contribution in [0.5, 0.6) is 0 Å². The summed E-state index contributed by atoms with van der Waals surface area (Å²) in [6.45, 7) is 5.80. The van der Waals surface area contributed by atoms with Gasteiger partial charge in [0.05, 0.1) is 5.38 Å². The van der Waals surface area contributed by atoms with Crippen molar-refractivity contribution in [1.82, 2.24) is 15.0 Å². The van der Waals surface area contributed by atoms with E-state index in [1.165, 1.54) is 0 Å². The first-order valence-corrected chi connectivity index (χ1v) is 5.93. The standard InChI is InChI=1S/C13H14ClN3/c1-8-5-4-6-12(16-8)13-15-7-11(9(2)14)10(3)17-13/h4-7,9H,1-3H3. The second kappa shape index (κ2) is 4.80. The van der Waals surface area contributed by atoms with Crippen LogP contribution >= 0.6 is 11.6 Å². The van der Waals surface area contributed by atoms with Gasteiger partial charge in [0.25, 0.3) is 0 Å². The van der Waals surface area contributed by atoms with Crippen molar-refractivity contribution < 1.29 is 0 Å². The van der Waals surface area contributed by atoms with Gasteiger partial charge in [-0.15, -0.1) is 11.6 Å². The molecule has 4 heteroatoms. The molecule has 0 N–H and O–H groups in total. The van der Waals surface area contributed by atoms with E-state index >= 15 is 0 Å². The molecule has 0 spiro atoms. The zero-order valence-corrected chi connectivity index (χ0v) is 10.9. The Labute approximate surface area is 106 Å². The van der Waals surface area contributed by atoms with Crippen LogP contribution in [0.3, 0.4) is 0 Å². The molecular weight excluding hydrogens is 234 g/mol. The minimum absolute atomic E-state index is 0.0745. The van der Waals surface area contributed by atoms with Crippen molar-refractivity contribution in [2.75, 3.05) is 0 Å². The zero-order valence-electron chi connectivity index (χ0n) is 10.1. The number of aryl methyl sites for hydroxylation is 2. The van der Waals surface area contributed by atoms with Crippen LogP contribution in [0, 0.1) is 13.8 Å². The van der Waals surface area contributed by atoms with E-state index in [0.717, 1.165) is 22.6 Å². The van der Waals surface area contributed by atoms with E-state index in [-0.39, 0.29) is 5.38 Å². The fourth-order valence-corrected chi connectivity index (χ4v) is 1.87. The van der Waals surface area contributed by atoms with E-state index in [2.05, 4.69) is 15.0 Å². The maximum absolute atomic E-state index is 6.04. The van der Waals surface area contributed by atoms with Crippen LogP contribution in [0.4, 0.5) is 0 Å². The number of alkyl halides is 1. The van der Waals surface area contributed by atoms with E-state index in [1.54, 1.807) is 6.20 Å². The maximum Gasteiger partial charge on any atom is 0.178 e. The fraction of sp³-hybridized carbons (Fsp3) is 0.308. The number of nitrogens with zero attached hydrogens (tertiary/aromatic N) is 3. The zero-order chi connectivity index (χ0) is 12.4. The highest BCUT2D eigenvalue weighted by atomic mass is 35.5. The lowest BCUT2D eigenvalue weighted by Gasteiger charge is -2.08. The van der Waals surface area contributed by atoms with Crippen LogP contribution in [0.25, 0.3) is 11.5 Å². The minimum atomic E-state index is -0.0745. The molecule has 2 aromatic heterocycles. The van der Waals surface area contributed by atoms with Crippen molar-refractivity contribution in [3.63, 3.8) is 0 Å². The predicted octanol–water partition coefficient (Wildman–Crippen LogP) is 3.46. The minimum Gasteiger partial charge on any atom is -0.250 e. The Hall–Kier alpha value is -1.48. The molecule has 0 aliphatic carbocycles. The van der Waals surface area contributed by atoms with Crippen molar-refractivity contribution in [2.24, 2.45) is 0 Å². The molecule has 3 nitrogen and oxygen atoms in total. The summed E-state index contributed by atoms with van der Waals surface area (Å²) in [5.41, 5.74) is 3.62. The topological polar surface area (TPSA) is 38.7 Å². The van der Waals surface area contributed by atoms with E-state index in [1.807, 2.05) is 39.0 Å². The molecule has 88 valence electrons. The average Bonchev–Trinajstić information content (AvgIpc) is 2.28. The van der Waals surface area contributed by atoms with Crippen LogP contribution in [0.2, 0.25) is 0 Å². The van der Waals surface area contributed by atoms with E-state index < -0.39 is 0 Å². The van der Waals surface area contributed by atoms with Crippen molar-refractivity contribution in [3.05, 3.63) is 41.3 Å². The lowest BCUT2D eigenvalue weighted by molar-refractivity contribution is 0.969. The third-order valence-electron chi connectivity index (χ3n) is 2.56. The number of halogens is 1. The van der Waals surface area contributed by atoms with Gasteiger partial charge in [0.15, 0.2) is 5.82 Å². The third kappa shape index (κ3) is 2.61. The van der Waals surface area contributed by atoms with Gasteiger partial charge in [-0.05, 0) is 32.9 Å². The Balaban J connectivity index is 2.44. The first-order valence-electron chi connectivity index (χ1n) is 5.49. The second-order valence-electron chi connectivity index (χ2n) is 4.01. The van der Waals surface area contributed by atoms with Gasteiger partial charge in [-0.25, -0.2) is 15.0 Å². The molecule has 2 heterocycles. The normalized spacial score (nSPS) is 12.5. The van der Waals surface area contributed by atoms with Gasteiger partial charge in [-0.2, -0.15) is 0 Å². The lowest BCUT2D eigenvalue weighted by Crippen LogP contribution is -1.99. The molecule has 2 aromatic rings. The van der Waals surface area contributed by atoms with E-state index in [4.69, 9.17) is 11.6 Å². The van der Waals surface area contributed by atoms with Crippen molar-refractivity contribution in [1.29, 1.82) is 0 Å². The Morgan fingerprint density at radius 1 is 1.18 bits per heavy atom. The number of aromatic nitrogens is 3. The molecule has 17 heavy (non-hydrogen) atoms. The molecule has 0 aromatic carbocycles. The van der Waals surface area contributed by atoms with Crippen molar-refractivity contribution >= 4 is 11.6 Å². The molecule has 0 amide bonds. The summed E-state index contributed by atoms with van der Waals surface area (Å²) in [6, 6.07) is 5.81. The van der Waals surface area contributed by atoms with E-state index in [0.29, 0.717) is 5.82 Å². The highest BCUT2D eigenvalue weighted by molar-refractivity contribution is 6.20. The van der Waals surface area contributed by atoms with Gasteiger partial charge >= 0.3 is 0 Å². The van der Waals surface area contributed by atoms with Crippen LogP contribution in [0.1, 0.15) is 29.3 Å². The molecule has 0 bridgehead atoms. The summed E-state index contributed by atoms with van der Waals surface area (Å²) in [4.78, 5) is 13.2. The summed E-state index contributed by atoms with van der Waals surface area (Å²) < 4.78 is 0. The molecule has 0 saturated carbocycles. The summed E-state index contributed by atoms with van der Waals surface area (Å²) in [6.07, 6.45) is 1.78. The second-order valence-corrected chi connectivity index (χ2v) is 4.67. The Morgan fingerprint density at radius 3 is 2.53 bits per heavy atom. The van der Waals surface area contributed by atoms with E-state index in [9.17, 15) is 0 Å². The van der Waals surface area contributed by atoms with Gasteiger partial charge in [0.1, 0.15) is 5.69 Å². The molecule has 2 rings (SSSR count). The summed E-state index contributed by atoms with van der Waals surface area (Å²) in [5.74, 6) is 0.646. The highest BCUT2D eigenvalue weighted by Gasteiger charge is 2.10. The molecule has 1 atom stereocenters. The molecular formula is C13H14ClN3. The average molecular weight is 248 g/mol. The Bertz CT molecular complexity index is 538. The Morgan fingerprint density at radius 2 is 1.94 bits per heavy atom. The quantitative estimate of drug-likeness (QED) is 0.763. The van der Waals surface area contributed by atoms with Gasteiger partial charge < -0.3 is 0 Å². The predicted molar refractivity (Wildman–Crippen MR) is 69.0 cm³/mol. The number of hydrogen-bond acceptors (Lipinski definition) is 3. The number of hydrogen-bond donors (Lipinski definition) is 0. The van der Waals surface area contributed by atoms with Crippen LogP contribution < -0.4 is 0 Å². The fourth-order valence-electron chi connectivity index (χ4n) is 1.66. The maximum atomic E-state index is 6.04. The lowest BCUT2D eigenvalue weighted by atomic mass is 10.2. The number of rotatable bonds is 2. The van der Waals surface area contributed by atoms with Crippen LogP contribution in [0.15, 0.2) is 24.4 Å². The largest absolute Gasteiger partial charge is 0.250 e. The third-order valence-corrected chi connectivity index (χ3v) is 2.80. The van der Waals surface area contributed by atoms with Crippen molar-refractivity contribution in [2.45, 2.75) is 26.1 Å². The molecule has 0 radical (unpaired) electrons. The number of pyridine rings is 1. The SMILES string of the molecule is Cc1cccc(-c2ncc(C(C)Cl)c(C)n2)n1. The summed E-state index contributed by atoms with van der Waals surface area (Å²) >= 11 is 6.04.